The summed E-state index contributed by atoms with van der Waals surface area (Å²) < 4.78 is 0. The topological polar surface area (TPSA) is 86.2 Å². The summed E-state index contributed by atoms with van der Waals surface area (Å²) in [6.07, 6.45) is 1.81. The summed E-state index contributed by atoms with van der Waals surface area (Å²) in [6, 6.07) is 0. The zero-order chi connectivity index (χ0) is 6.57. The minimum Gasteiger partial charge on any atom is -0.366 e. The van der Waals surface area contributed by atoms with E-state index in [-0.39, 0.29) is 12.4 Å². The van der Waals surface area contributed by atoms with Crippen LogP contribution in [-0.4, -0.2) is 11.8 Å². The van der Waals surface area contributed by atoms with E-state index in [9.17, 15) is 9.59 Å². The first-order valence-corrected chi connectivity index (χ1v) is 1.90. The molecular formula is C4H7ClN2O2. The second kappa shape index (κ2) is 5.11. The van der Waals surface area contributed by atoms with Crippen LogP contribution in [0.15, 0.2) is 12.2 Å². The van der Waals surface area contributed by atoms with Gasteiger partial charge in [-0.15, -0.1) is 12.4 Å². The Morgan fingerprint density at radius 1 is 1.00 bits per heavy atom. The normalized spacial score (nSPS) is 8.44. The zero-order valence-electron chi connectivity index (χ0n) is 4.53. The maximum atomic E-state index is 9.83. The Kier molecular flexibility index (Phi) is 6.17. The molecule has 2 amide bonds. The van der Waals surface area contributed by atoms with Gasteiger partial charge in [0.05, 0.1) is 0 Å². The molecule has 0 fully saturated rings. The molecule has 0 aliphatic rings. The van der Waals surface area contributed by atoms with Crippen LogP contribution >= 0.6 is 12.4 Å². The van der Waals surface area contributed by atoms with Crippen molar-refractivity contribution in [2.24, 2.45) is 11.5 Å². The maximum absolute atomic E-state index is 9.83. The van der Waals surface area contributed by atoms with Gasteiger partial charge in [0.2, 0.25) is 11.8 Å². The summed E-state index contributed by atoms with van der Waals surface area (Å²) in [5.41, 5.74) is 9.21. The molecule has 0 rings (SSSR count). The van der Waals surface area contributed by atoms with Gasteiger partial charge in [0, 0.05) is 12.2 Å². The van der Waals surface area contributed by atoms with Gasteiger partial charge in [0.25, 0.3) is 0 Å². The van der Waals surface area contributed by atoms with E-state index < -0.39 is 11.8 Å². The lowest BCUT2D eigenvalue weighted by Gasteiger charge is -1.76. The molecule has 9 heavy (non-hydrogen) atoms. The third-order valence-corrected chi connectivity index (χ3v) is 0.412. The van der Waals surface area contributed by atoms with Crippen LogP contribution in [0.2, 0.25) is 0 Å². The minimum atomic E-state index is -0.677. The van der Waals surface area contributed by atoms with Crippen LogP contribution in [0, 0.1) is 0 Å². The van der Waals surface area contributed by atoms with Crippen molar-refractivity contribution in [1.29, 1.82) is 0 Å². The van der Waals surface area contributed by atoms with Gasteiger partial charge in [0.15, 0.2) is 0 Å². The Labute approximate surface area is 58.3 Å². The fourth-order valence-corrected chi connectivity index (χ4v) is 0.164. The van der Waals surface area contributed by atoms with E-state index in [1.165, 1.54) is 0 Å². The van der Waals surface area contributed by atoms with Gasteiger partial charge in [0.1, 0.15) is 0 Å². The number of nitrogens with two attached hydrogens (primary N) is 2. The molecule has 0 saturated heterocycles. The average molecular weight is 151 g/mol. The standard InChI is InChI=1S/C4H6N2O2.ClH/c5-3(7)1-2-4(6)8;/h1-2H,(H2,5,7)(H2,6,8);1H/b2-1+;. The van der Waals surface area contributed by atoms with Crippen LogP contribution in [-0.2, 0) is 9.59 Å². The van der Waals surface area contributed by atoms with Crippen molar-refractivity contribution in [3.63, 3.8) is 0 Å². The molecule has 0 spiro atoms. The summed E-state index contributed by atoms with van der Waals surface area (Å²) in [7, 11) is 0. The summed E-state index contributed by atoms with van der Waals surface area (Å²) in [4.78, 5) is 19.7. The molecule has 0 aromatic heterocycles. The van der Waals surface area contributed by atoms with E-state index in [0.717, 1.165) is 12.2 Å². The number of amides is 2. The second-order valence-electron chi connectivity index (χ2n) is 1.14. The van der Waals surface area contributed by atoms with Crippen LogP contribution in [0.25, 0.3) is 0 Å². The predicted molar refractivity (Wildman–Crippen MR) is 34.8 cm³/mol. The van der Waals surface area contributed by atoms with Crippen LogP contribution in [0.3, 0.4) is 0 Å². The smallest absolute Gasteiger partial charge is 0.241 e. The highest BCUT2D eigenvalue weighted by atomic mass is 35.5. The zero-order valence-corrected chi connectivity index (χ0v) is 5.35. The second-order valence-corrected chi connectivity index (χ2v) is 1.14. The number of primary amides is 2. The Bertz CT molecular complexity index is 128. The largest absolute Gasteiger partial charge is 0.366 e. The first-order valence-electron chi connectivity index (χ1n) is 1.90. The number of carbonyl (C=O) groups is 2. The van der Waals surface area contributed by atoms with Gasteiger partial charge in [-0.25, -0.2) is 0 Å². The molecule has 4 N–H and O–H groups in total. The molecule has 4 nitrogen and oxygen atoms in total. The Balaban J connectivity index is 0. The van der Waals surface area contributed by atoms with Crippen molar-refractivity contribution >= 4 is 24.2 Å². The Hall–Kier alpha value is -1.03. The maximum Gasteiger partial charge on any atom is 0.241 e. The van der Waals surface area contributed by atoms with Gasteiger partial charge in [-0.1, -0.05) is 0 Å². The van der Waals surface area contributed by atoms with Crippen molar-refractivity contribution in [1.82, 2.24) is 0 Å². The van der Waals surface area contributed by atoms with Gasteiger partial charge < -0.3 is 11.5 Å². The number of hydrogen-bond acceptors (Lipinski definition) is 2. The van der Waals surface area contributed by atoms with Crippen molar-refractivity contribution in [2.45, 2.75) is 0 Å². The highest BCUT2D eigenvalue weighted by molar-refractivity contribution is 5.95. The van der Waals surface area contributed by atoms with Crippen LogP contribution in [0.4, 0.5) is 0 Å². The van der Waals surface area contributed by atoms with E-state index in [1.54, 1.807) is 0 Å². The third kappa shape index (κ3) is 10.9. The monoisotopic (exact) mass is 150 g/mol. The molecule has 0 radical (unpaired) electrons. The SMILES string of the molecule is Cl.NC(=O)/C=C/C(N)=O. The summed E-state index contributed by atoms with van der Waals surface area (Å²) in [6.45, 7) is 0. The lowest BCUT2D eigenvalue weighted by Crippen LogP contribution is -2.10. The molecule has 0 aliphatic heterocycles. The number of hydrogen-bond donors (Lipinski definition) is 2. The van der Waals surface area contributed by atoms with E-state index in [1.807, 2.05) is 0 Å². The average Bonchev–Trinajstić information content (AvgIpc) is 1.61. The molecule has 52 valence electrons. The molecule has 0 aliphatic carbocycles. The number of halogens is 1. The van der Waals surface area contributed by atoms with Crippen LogP contribution in [0.5, 0.6) is 0 Å². The highest BCUT2D eigenvalue weighted by Crippen LogP contribution is 1.65. The van der Waals surface area contributed by atoms with E-state index in [0.29, 0.717) is 0 Å². The van der Waals surface area contributed by atoms with E-state index in [2.05, 4.69) is 11.5 Å². The van der Waals surface area contributed by atoms with Crippen LogP contribution in [0.1, 0.15) is 0 Å². The molecule has 0 heterocycles. The van der Waals surface area contributed by atoms with Crippen molar-refractivity contribution in [2.75, 3.05) is 0 Å². The number of carbonyl (C=O) groups excluding carboxylic acids is 2. The minimum absolute atomic E-state index is 0. The van der Waals surface area contributed by atoms with Crippen molar-refractivity contribution in [3.8, 4) is 0 Å². The molecule has 5 heteroatoms. The fraction of sp³-hybridized carbons (Fsp3) is 0. The van der Waals surface area contributed by atoms with E-state index >= 15 is 0 Å². The first kappa shape index (κ1) is 10.9. The highest BCUT2D eigenvalue weighted by Gasteiger charge is 1.83. The Morgan fingerprint density at radius 3 is 1.33 bits per heavy atom. The summed E-state index contributed by atoms with van der Waals surface area (Å²) >= 11 is 0. The van der Waals surface area contributed by atoms with Gasteiger partial charge >= 0.3 is 0 Å². The quantitative estimate of drug-likeness (QED) is 0.492. The van der Waals surface area contributed by atoms with Gasteiger partial charge in [-0.05, 0) is 0 Å². The lowest BCUT2D eigenvalue weighted by atomic mass is 10.5. The molecule has 0 aromatic carbocycles. The molecule has 0 aromatic rings. The Morgan fingerprint density at radius 2 is 1.22 bits per heavy atom. The summed E-state index contributed by atoms with van der Waals surface area (Å²) in [5.74, 6) is -1.35. The van der Waals surface area contributed by atoms with Crippen molar-refractivity contribution in [3.05, 3.63) is 12.2 Å². The molecular weight excluding hydrogens is 144 g/mol. The van der Waals surface area contributed by atoms with Gasteiger partial charge in [-0.2, -0.15) is 0 Å². The molecule has 0 bridgehead atoms. The van der Waals surface area contributed by atoms with Crippen molar-refractivity contribution < 1.29 is 9.59 Å². The van der Waals surface area contributed by atoms with Gasteiger partial charge in [-0.3, -0.25) is 9.59 Å². The predicted octanol–water partition coefficient (Wildman–Crippen LogP) is -1.06. The summed E-state index contributed by atoms with van der Waals surface area (Å²) in [5, 5.41) is 0. The van der Waals surface area contributed by atoms with Crippen LogP contribution < -0.4 is 11.5 Å². The first-order chi connectivity index (χ1) is 3.63. The molecule has 0 atom stereocenters. The molecule has 0 unspecified atom stereocenters. The van der Waals surface area contributed by atoms with E-state index in [4.69, 9.17) is 0 Å². The third-order valence-electron chi connectivity index (χ3n) is 0.412. The molecule has 0 saturated carbocycles. The lowest BCUT2D eigenvalue weighted by molar-refractivity contribution is -0.115. The number of rotatable bonds is 2. The fourth-order valence-electron chi connectivity index (χ4n) is 0.164.